The van der Waals surface area contributed by atoms with E-state index in [4.69, 9.17) is 14.2 Å². The molecule has 0 fully saturated rings. The summed E-state index contributed by atoms with van der Waals surface area (Å²) >= 11 is 0. The van der Waals surface area contributed by atoms with Crippen molar-refractivity contribution in [2.75, 3.05) is 41.0 Å². The summed E-state index contributed by atoms with van der Waals surface area (Å²) in [6, 6.07) is 3.73. The fourth-order valence-corrected chi connectivity index (χ4v) is 2.16. The molecule has 140 valence electrons. The maximum atomic E-state index is 10.9. The molecule has 0 aliphatic rings. The van der Waals surface area contributed by atoms with Crippen LogP contribution in [0, 0.1) is 0 Å². The monoisotopic (exact) mass is 352 g/mol. The van der Waals surface area contributed by atoms with E-state index in [0.717, 1.165) is 12.1 Å². The van der Waals surface area contributed by atoms with E-state index >= 15 is 0 Å². The molecule has 0 unspecified atom stereocenters. The number of nitrogens with zero attached hydrogens (tertiary/aromatic N) is 1. The van der Waals surface area contributed by atoms with Crippen LogP contribution in [0.4, 0.5) is 0 Å². The highest BCUT2D eigenvalue weighted by Gasteiger charge is 2.13. The summed E-state index contributed by atoms with van der Waals surface area (Å²) in [5, 5.41) is 9.05. The first kappa shape index (κ1) is 20.4. The van der Waals surface area contributed by atoms with Gasteiger partial charge in [-0.2, -0.15) is 0 Å². The zero-order valence-corrected chi connectivity index (χ0v) is 15.6. The van der Waals surface area contributed by atoms with Crippen LogP contribution in [0.25, 0.3) is 0 Å². The van der Waals surface area contributed by atoms with E-state index in [0.29, 0.717) is 42.8 Å². The van der Waals surface area contributed by atoms with Gasteiger partial charge in [0.25, 0.3) is 0 Å². The van der Waals surface area contributed by atoms with Crippen molar-refractivity contribution in [1.82, 2.24) is 16.0 Å². The Balaban J connectivity index is 2.82. The molecule has 0 saturated carbocycles. The molecular weight excluding hydrogens is 324 g/mol. The summed E-state index contributed by atoms with van der Waals surface area (Å²) in [6.45, 7) is 5.77. The predicted octanol–water partition coefficient (Wildman–Crippen LogP) is 0.904. The smallest absolute Gasteiger partial charge is 0.216 e. The Hall–Kier alpha value is -2.64. The van der Waals surface area contributed by atoms with Gasteiger partial charge < -0.3 is 30.2 Å². The highest BCUT2D eigenvalue weighted by molar-refractivity contribution is 5.80. The van der Waals surface area contributed by atoms with E-state index in [1.54, 1.807) is 21.3 Å². The number of aliphatic imine (C=N–C) groups is 1. The minimum atomic E-state index is -0.0545. The topological polar surface area (TPSA) is 93.2 Å². The number of hydrogen-bond donors (Lipinski definition) is 3. The lowest BCUT2D eigenvalue weighted by Gasteiger charge is -2.14. The molecule has 0 bridgehead atoms. The Morgan fingerprint density at radius 1 is 1.00 bits per heavy atom. The van der Waals surface area contributed by atoms with Gasteiger partial charge in [0.05, 0.1) is 27.9 Å². The van der Waals surface area contributed by atoms with Gasteiger partial charge in [-0.15, -0.1) is 0 Å². The van der Waals surface area contributed by atoms with Gasteiger partial charge in [-0.1, -0.05) is 0 Å². The summed E-state index contributed by atoms with van der Waals surface area (Å²) in [7, 11) is 4.73. The summed E-state index contributed by atoms with van der Waals surface area (Å²) < 4.78 is 16.0. The van der Waals surface area contributed by atoms with E-state index in [1.165, 1.54) is 6.92 Å². The molecule has 0 aromatic heterocycles. The molecule has 0 aliphatic carbocycles. The van der Waals surface area contributed by atoms with Gasteiger partial charge in [0, 0.05) is 26.6 Å². The van der Waals surface area contributed by atoms with Crippen molar-refractivity contribution in [3.05, 3.63) is 17.7 Å². The van der Waals surface area contributed by atoms with Crippen molar-refractivity contribution in [3.63, 3.8) is 0 Å². The Kier molecular flexibility index (Phi) is 8.99. The quantitative estimate of drug-likeness (QED) is 0.347. The van der Waals surface area contributed by atoms with Gasteiger partial charge in [0.2, 0.25) is 11.7 Å². The third kappa shape index (κ3) is 6.78. The molecule has 8 nitrogen and oxygen atoms in total. The van der Waals surface area contributed by atoms with Gasteiger partial charge in [-0.25, -0.2) is 4.99 Å². The van der Waals surface area contributed by atoms with Gasteiger partial charge in [0.15, 0.2) is 17.5 Å². The number of guanidine groups is 1. The number of nitrogens with one attached hydrogen (secondary N) is 3. The molecule has 8 heteroatoms. The van der Waals surface area contributed by atoms with Crippen LogP contribution in [-0.2, 0) is 11.3 Å². The summed E-state index contributed by atoms with van der Waals surface area (Å²) in [4.78, 5) is 15.4. The molecule has 1 aromatic rings. The second kappa shape index (κ2) is 11.0. The zero-order chi connectivity index (χ0) is 18.7. The molecular formula is C17H28N4O4. The van der Waals surface area contributed by atoms with Crippen molar-refractivity contribution in [2.24, 2.45) is 4.99 Å². The maximum absolute atomic E-state index is 10.9. The molecule has 25 heavy (non-hydrogen) atoms. The first-order valence-corrected chi connectivity index (χ1v) is 8.11. The average molecular weight is 352 g/mol. The predicted molar refractivity (Wildman–Crippen MR) is 97.6 cm³/mol. The Bertz CT molecular complexity index is 565. The number of hydrogen-bond acceptors (Lipinski definition) is 5. The van der Waals surface area contributed by atoms with Crippen molar-refractivity contribution in [2.45, 2.75) is 20.4 Å². The first-order valence-electron chi connectivity index (χ1n) is 8.11. The Labute approximate surface area is 148 Å². The van der Waals surface area contributed by atoms with Gasteiger partial charge in [-0.3, -0.25) is 4.79 Å². The van der Waals surface area contributed by atoms with E-state index < -0.39 is 0 Å². The molecule has 0 atom stereocenters. The lowest BCUT2D eigenvalue weighted by atomic mass is 10.2. The number of carbonyl (C=O) groups is 1. The molecule has 1 aromatic carbocycles. The summed E-state index contributed by atoms with van der Waals surface area (Å²) in [5.41, 5.74) is 0.925. The van der Waals surface area contributed by atoms with Gasteiger partial charge in [-0.05, 0) is 24.6 Å². The Morgan fingerprint density at radius 3 is 2.08 bits per heavy atom. The number of rotatable bonds is 9. The molecule has 0 spiro atoms. The zero-order valence-electron chi connectivity index (χ0n) is 15.6. The van der Waals surface area contributed by atoms with Crippen molar-refractivity contribution in [1.29, 1.82) is 0 Å². The van der Waals surface area contributed by atoms with Crippen LogP contribution < -0.4 is 30.2 Å². The second-order valence-electron chi connectivity index (χ2n) is 5.14. The highest BCUT2D eigenvalue weighted by Crippen LogP contribution is 2.38. The molecule has 0 aliphatic heterocycles. The number of amides is 1. The number of benzene rings is 1. The average Bonchev–Trinajstić information content (AvgIpc) is 2.61. The fraction of sp³-hybridized carbons (Fsp3) is 0.529. The van der Waals surface area contributed by atoms with Crippen LogP contribution >= 0.6 is 0 Å². The lowest BCUT2D eigenvalue weighted by molar-refractivity contribution is -0.118. The van der Waals surface area contributed by atoms with Crippen LogP contribution in [0.15, 0.2) is 17.1 Å². The SMILES string of the molecule is CCNC(=NCc1cc(OC)c(OC)c(OC)c1)NCCNC(C)=O. The molecule has 3 N–H and O–H groups in total. The molecule has 0 heterocycles. The summed E-state index contributed by atoms with van der Waals surface area (Å²) in [6.07, 6.45) is 0. The van der Waals surface area contributed by atoms with Gasteiger partial charge >= 0.3 is 0 Å². The van der Waals surface area contributed by atoms with E-state index in [1.807, 2.05) is 19.1 Å². The molecule has 0 radical (unpaired) electrons. The number of carbonyl (C=O) groups excluding carboxylic acids is 1. The largest absolute Gasteiger partial charge is 0.493 e. The second-order valence-corrected chi connectivity index (χ2v) is 5.14. The van der Waals surface area contributed by atoms with E-state index in [-0.39, 0.29) is 5.91 Å². The van der Waals surface area contributed by atoms with Crippen LogP contribution in [-0.4, -0.2) is 52.8 Å². The van der Waals surface area contributed by atoms with Crippen molar-refractivity contribution < 1.29 is 19.0 Å². The minimum absolute atomic E-state index is 0.0545. The first-order chi connectivity index (χ1) is 12.0. The normalized spacial score (nSPS) is 10.8. The van der Waals surface area contributed by atoms with Crippen LogP contribution in [0.1, 0.15) is 19.4 Å². The van der Waals surface area contributed by atoms with E-state index in [2.05, 4.69) is 20.9 Å². The van der Waals surface area contributed by atoms with Crippen molar-refractivity contribution in [3.8, 4) is 17.2 Å². The van der Waals surface area contributed by atoms with E-state index in [9.17, 15) is 4.79 Å². The highest BCUT2D eigenvalue weighted by atomic mass is 16.5. The number of ether oxygens (including phenoxy) is 3. The van der Waals surface area contributed by atoms with Crippen LogP contribution in [0.3, 0.4) is 0 Å². The lowest BCUT2D eigenvalue weighted by Crippen LogP contribution is -2.41. The van der Waals surface area contributed by atoms with Crippen molar-refractivity contribution >= 4 is 11.9 Å². The minimum Gasteiger partial charge on any atom is -0.493 e. The maximum Gasteiger partial charge on any atom is 0.216 e. The molecule has 1 amide bonds. The van der Waals surface area contributed by atoms with Crippen LogP contribution in [0.2, 0.25) is 0 Å². The molecule has 1 rings (SSSR count). The Morgan fingerprint density at radius 2 is 1.60 bits per heavy atom. The summed E-state index contributed by atoms with van der Waals surface area (Å²) in [5.74, 6) is 2.35. The van der Waals surface area contributed by atoms with Gasteiger partial charge in [0.1, 0.15) is 0 Å². The fourth-order valence-electron chi connectivity index (χ4n) is 2.16. The molecule has 0 saturated heterocycles. The third-order valence-electron chi connectivity index (χ3n) is 3.28. The van der Waals surface area contributed by atoms with Crippen LogP contribution in [0.5, 0.6) is 17.2 Å². The standard InChI is InChI=1S/C17H28N4O4/c1-6-18-17(20-8-7-19-12(2)22)21-11-13-9-14(23-3)16(25-5)15(10-13)24-4/h9-10H,6-8,11H2,1-5H3,(H,19,22)(H2,18,20,21). The third-order valence-corrected chi connectivity index (χ3v) is 3.28. The number of methoxy groups -OCH3 is 3.